The number of amides is 1. The van der Waals surface area contributed by atoms with Gasteiger partial charge in [-0.25, -0.2) is 0 Å². The summed E-state index contributed by atoms with van der Waals surface area (Å²) in [6.07, 6.45) is 0. The Morgan fingerprint density at radius 2 is 1.85 bits per heavy atom. The normalized spacial score (nSPS) is 10.8. The van der Waals surface area contributed by atoms with Crippen molar-refractivity contribution in [3.05, 3.63) is 54.1 Å². The number of hydrogen-bond donors (Lipinski definition) is 1. The number of benzene rings is 2. The van der Waals surface area contributed by atoms with E-state index in [9.17, 15) is 4.79 Å². The minimum absolute atomic E-state index is 0.110. The molecule has 0 bridgehead atoms. The number of methoxy groups -OCH3 is 1. The van der Waals surface area contributed by atoms with Gasteiger partial charge in [0.15, 0.2) is 0 Å². The van der Waals surface area contributed by atoms with Crippen molar-refractivity contribution in [3.63, 3.8) is 0 Å². The highest BCUT2D eigenvalue weighted by molar-refractivity contribution is 7.99. The number of aromatic nitrogens is 4. The van der Waals surface area contributed by atoms with Gasteiger partial charge in [-0.3, -0.25) is 4.79 Å². The van der Waals surface area contributed by atoms with Gasteiger partial charge in [-0.2, -0.15) is 4.68 Å². The van der Waals surface area contributed by atoms with E-state index in [1.807, 2.05) is 48.5 Å². The largest absolute Gasteiger partial charge is 0.497 e. The lowest BCUT2D eigenvalue weighted by Gasteiger charge is -2.08. The SMILES string of the molecule is COc1ccc(-n2nnnc2SCC(=O)Nc2ccc(C(C)C)cc2)cc1. The summed E-state index contributed by atoms with van der Waals surface area (Å²) >= 11 is 1.28. The van der Waals surface area contributed by atoms with Crippen LogP contribution >= 0.6 is 11.8 Å². The van der Waals surface area contributed by atoms with Crippen LogP contribution in [0.15, 0.2) is 53.7 Å². The molecule has 0 spiro atoms. The molecule has 1 heterocycles. The van der Waals surface area contributed by atoms with Gasteiger partial charge in [-0.15, -0.1) is 5.10 Å². The molecular weight excluding hydrogens is 362 g/mol. The van der Waals surface area contributed by atoms with Crippen LogP contribution in [0.2, 0.25) is 0 Å². The first-order chi connectivity index (χ1) is 13.1. The molecule has 8 heteroatoms. The van der Waals surface area contributed by atoms with Crippen molar-refractivity contribution in [1.82, 2.24) is 20.2 Å². The van der Waals surface area contributed by atoms with E-state index in [4.69, 9.17) is 4.74 Å². The molecule has 7 nitrogen and oxygen atoms in total. The summed E-state index contributed by atoms with van der Waals surface area (Å²) in [6, 6.07) is 15.3. The van der Waals surface area contributed by atoms with Crippen LogP contribution in [0.1, 0.15) is 25.3 Å². The molecule has 1 amide bonds. The molecule has 0 aliphatic heterocycles. The number of nitrogens with zero attached hydrogens (tertiary/aromatic N) is 4. The van der Waals surface area contributed by atoms with Crippen LogP contribution < -0.4 is 10.1 Å². The van der Waals surface area contributed by atoms with Crippen LogP contribution in [-0.2, 0) is 4.79 Å². The smallest absolute Gasteiger partial charge is 0.234 e. The summed E-state index contributed by atoms with van der Waals surface area (Å²) < 4.78 is 6.75. The molecule has 1 aromatic heterocycles. The zero-order chi connectivity index (χ0) is 19.2. The molecule has 0 saturated carbocycles. The Morgan fingerprint density at radius 3 is 2.48 bits per heavy atom. The maximum absolute atomic E-state index is 12.2. The minimum atomic E-state index is -0.110. The second-order valence-corrected chi connectivity index (χ2v) is 7.13. The summed E-state index contributed by atoms with van der Waals surface area (Å²) in [5.41, 5.74) is 2.81. The Morgan fingerprint density at radius 1 is 1.15 bits per heavy atom. The third-order valence-electron chi connectivity index (χ3n) is 3.95. The molecule has 140 valence electrons. The quantitative estimate of drug-likeness (QED) is 0.629. The Balaban J connectivity index is 1.60. The van der Waals surface area contributed by atoms with Crippen LogP contribution in [0.25, 0.3) is 5.69 Å². The Labute approximate surface area is 162 Å². The second kappa shape index (κ2) is 8.68. The molecule has 0 unspecified atom stereocenters. The van der Waals surface area contributed by atoms with Gasteiger partial charge in [-0.05, 0) is 58.3 Å². The zero-order valence-corrected chi connectivity index (χ0v) is 16.2. The topological polar surface area (TPSA) is 81.9 Å². The number of nitrogens with one attached hydrogen (secondary N) is 1. The van der Waals surface area contributed by atoms with E-state index >= 15 is 0 Å². The van der Waals surface area contributed by atoms with Gasteiger partial charge >= 0.3 is 0 Å². The van der Waals surface area contributed by atoms with E-state index in [1.54, 1.807) is 11.8 Å². The van der Waals surface area contributed by atoms with Crippen molar-refractivity contribution in [2.75, 3.05) is 18.2 Å². The van der Waals surface area contributed by atoms with Crippen molar-refractivity contribution in [2.45, 2.75) is 24.9 Å². The Kier molecular flexibility index (Phi) is 6.08. The van der Waals surface area contributed by atoms with Gasteiger partial charge in [-0.1, -0.05) is 37.7 Å². The van der Waals surface area contributed by atoms with Crippen molar-refractivity contribution < 1.29 is 9.53 Å². The first-order valence-electron chi connectivity index (χ1n) is 8.52. The molecule has 3 aromatic rings. The molecule has 3 rings (SSSR count). The lowest BCUT2D eigenvalue weighted by molar-refractivity contribution is -0.113. The zero-order valence-electron chi connectivity index (χ0n) is 15.4. The van der Waals surface area contributed by atoms with E-state index in [-0.39, 0.29) is 11.7 Å². The number of hydrogen-bond acceptors (Lipinski definition) is 6. The van der Waals surface area contributed by atoms with Crippen LogP contribution in [0.3, 0.4) is 0 Å². The number of thioether (sulfide) groups is 1. The number of tetrazole rings is 1. The molecule has 2 aromatic carbocycles. The third kappa shape index (κ3) is 4.85. The lowest BCUT2D eigenvalue weighted by Crippen LogP contribution is -2.14. The number of ether oxygens (including phenoxy) is 1. The number of carbonyl (C=O) groups excluding carboxylic acids is 1. The Bertz CT molecular complexity index is 891. The first-order valence-corrected chi connectivity index (χ1v) is 9.51. The van der Waals surface area contributed by atoms with E-state index in [0.29, 0.717) is 11.1 Å². The van der Waals surface area contributed by atoms with Gasteiger partial charge < -0.3 is 10.1 Å². The first kappa shape index (κ1) is 18.9. The monoisotopic (exact) mass is 383 g/mol. The van der Waals surface area contributed by atoms with Gasteiger partial charge in [0.1, 0.15) is 5.75 Å². The molecule has 1 N–H and O–H groups in total. The van der Waals surface area contributed by atoms with Gasteiger partial charge in [0, 0.05) is 5.69 Å². The van der Waals surface area contributed by atoms with Crippen molar-refractivity contribution >= 4 is 23.4 Å². The van der Waals surface area contributed by atoms with Gasteiger partial charge in [0.05, 0.1) is 18.6 Å². The molecule has 0 aliphatic carbocycles. The predicted octanol–water partition coefficient (Wildman–Crippen LogP) is 3.53. The molecule has 27 heavy (non-hydrogen) atoms. The number of carbonyl (C=O) groups is 1. The summed E-state index contributed by atoms with van der Waals surface area (Å²) in [4.78, 5) is 12.2. The van der Waals surface area contributed by atoms with Gasteiger partial charge in [0.25, 0.3) is 0 Å². The van der Waals surface area contributed by atoms with E-state index in [0.717, 1.165) is 17.1 Å². The van der Waals surface area contributed by atoms with Crippen LogP contribution in [0, 0.1) is 0 Å². The fraction of sp³-hybridized carbons (Fsp3) is 0.263. The lowest BCUT2D eigenvalue weighted by atomic mass is 10.0. The summed E-state index contributed by atoms with van der Waals surface area (Å²) in [5, 5.41) is 15.1. The van der Waals surface area contributed by atoms with E-state index < -0.39 is 0 Å². The van der Waals surface area contributed by atoms with Crippen molar-refractivity contribution in [1.29, 1.82) is 0 Å². The molecule has 0 atom stereocenters. The summed E-state index contributed by atoms with van der Waals surface area (Å²) in [7, 11) is 1.61. The third-order valence-corrected chi connectivity index (χ3v) is 4.87. The average molecular weight is 383 g/mol. The maximum atomic E-state index is 12.2. The highest BCUT2D eigenvalue weighted by atomic mass is 32.2. The molecule has 0 saturated heterocycles. The minimum Gasteiger partial charge on any atom is -0.497 e. The van der Waals surface area contributed by atoms with Crippen LogP contribution in [0.4, 0.5) is 5.69 Å². The fourth-order valence-electron chi connectivity index (χ4n) is 2.43. The molecular formula is C19H21N5O2S. The van der Waals surface area contributed by atoms with Gasteiger partial charge in [0.2, 0.25) is 11.1 Å². The fourth-order valence-corrected chi connectivity index (χ4v) is 3.12. The van der Waals surface area contributed by atoms with E-state index in [2.05, 4.69) is 34.7 Å². The summed E-state index contributed by atoms with van der Waals surface area (Å²) in [6.45, 7) is 4.27. The van der Waals surface area contributed by atoms with Crippen molar-refractivity contribution in [2.24, 2.45) is 0 Å². The molecule has 0 fully saturated rings. The molecule has 0 aliphatic rings. The van der Waals surface area contributed by atoms with Crippen molar-refractivity contribution in [3.8, 4) is 11.4 Å². The summed E-state index contributed by atoms with van der Waals surface area (Å²) in [5.74, 6) is 1.32. The number of rotatable bonds is 7. The second-order valence-electron chi connectivity index (χ2n) is 6.18. The standard InChI is InChI=1S/C19H21N5O2S/c1-13(2)14-4-6-15(7-5-14)20-18(25)12-27-19-21-22-23-24(19)16-8-10-17(26-3)11-9-16/h4-11,13H,12H2,1-3H3,(H,20,25). The van der Waals surface area contributed by atoms with Crippen LogP contribution in [0.5, 0.6) is 5.75 Å². The number of anilines is 1. The highest BCUT2D eigenvalue weighted by Crippen LogP contribution is 2.21. The highest BCUT2D eigenvalue weighted by Gasteiger charge is 2.12. The molecule has 0 radical (unpaired) electrons. The predicted molar refractivity (Wildman–Crippen MR) is 106 cm³/mol. The average Bonchev–Trinajstić information content (AvgIpc) is 3.15. The maximum Gasteiger partial charge on any atom is 0.234 e. The Hall–Kier alpha value is -2.87. The van der Waals surface area contributed by atoms with Crippen LogP contribution in [-0.4, -0.2) is 39.0 Å². The van der Waals surface area contributed by atoms with E-state index in [1.165, 1.54) is 17.3 Å².